The number of hydrogen-bond donors (Lipinski definition) is 2. The normalized spacial score (nSPS) is 19.1. The van der Waals surface area contributed by atoms with Crippen molar-refractivity contribution in [3.05, 3.63) is 83.9 Å². The molecule has 1 atom stereocenters. The van der Waals surface area contributed by atoms with Crippen LogP contribution in [0.1, 0.15) is 16.9 Å². The maximum absolute atomic E-state index is 14.4. The molecule has 0 fully saturated rings. The number of aromatic amines is 1. The molecule has 1 aliphatic rings. The summed E-state index contributed by atoms with van der Waals surface area (Å²) in [6, 6.07) is 14.9. The smallest absolute Gasteiger partial charge is 0.465 e. The number of hydrogen-bond acceptors (Lipinski definition) is 3. The van der Waals surface area contributed by atoms with Gasteiger partial charge in [-0.05, 0) is 43.3 Å². The molecule has 0 saturated carbocycles. The topological polar surface area (TPSA) is 73.6 Å². The van der Waals surface area contributed by atoms with Crippen LogP contribution in [0.25, 0.3) is 0 Å². The van der Waals surface area contributed by atoms with E-state index in [1.165, 1.54) is 12.5 Å². The maximum atomic E-state index is 14.4. The van der Waals surface area contributed by atoms with Crippen LogP contribution in [0, 0.1) is 6.92 Å². The number of carbonyl (C=O) groups excluding carboxylic acids is 1. The fourth-order valence-corrected chi connectivity index (χ4v) is 3.33. The number of nitrogens with zero attached hydrogens (tertiary/aromatic N) is 1. The molecule has 0 aliphatic carbocycles. The molecular weight excluding hydrogens is 397 g/mol. The third-order valence-corrected chi connectivity index (χ3v) is 4.89. The fraction of sp³-hybridized carbons (Fsp3) is 0.190. The number of benzene rings is 1. The van der Waals surface area contributed by atoms with Crippen molar-refractivity contribution >= 4 is 17.6 Å². The first-order chi connectivity index (χ1) is 14.3. The van der Waals surface area contributed by atoms with E-state index in [0.717, 1.165) is 4.90 Å². The average Bonchev–Trinajstić information content (AvgIpc) is 3.33. The summed E-state index contributed by atoms with van der Waals surface area (Å²) in [5, 5.41) is 2.39. The molecule has 3 heterocycles. The Kier molecular flexibility index (Phi) is 4.81. The Labute approximate surface area is 170 Å². The summed E-state index contributed by atoms with van der Waals surface area (Å²) in [4.78, 5) is 19.5. The number of halogens is 3. The average molecular weight is 416 g/mol. The highest BCUT2D eigenvalue weighted by Crippen LogP contribution is 2.33. The molecule has 0 radical (unpaired) electrons. The van der Waals surface area contributed by atoms with Crippen LogP contribution in [-0.4, -0.2) is 28.5 Å². The van der Waals surface area contributed by atoms with Crippen molar-refractivity contribution in [3.63, 3.8) is 0 Å². The summed E-state index contributed by atoms with van der Waals surface area (Å²) in [6.45, 7) is 1.49. The Hall–Kier alpha value is -3.62. The third-order valence-electron chi connectivity index (χ3n) is 4.89. The summed E-state index contributed by atoms with van der Waals surface area (Å²) in [5.41, 5.74) is -2.08. The van der Waals surface area contributed by atoms with Gasteiger partial charge in [0.2, 0.25) is 0 Å². The minimum Gasteiger partial charge on any atom is -0.465 e. The zero-order valence-electron chi connectivity index (χ0n) is 16.0. The molecule has 1 aromatic carbocycles. The molecule has 0 bridgehead atoms. The van der Waals surface area contributed by atoms with E-state index in [9.17, 15) is 18.0 Å². The SMILES string of the molecule is Cc1ccc[nH+]c1N[C@@]1(C(F)(F)F)[NH+]=C(c2ccccc2)N(Cc2ccco2)C1=O. The van der Waals surface area contributed by atoms with Crippen LogP contribution in [0.3, 0.4) is 0 Å². The van der Waals surface area contributed by atoms with E-state index in [-0.39, 0.29) is 18.2 Å². The largest absolute Gasteiger partial charge is 0.488 e. The van der Waals surface area contributed by atoms with Gasteiger partial charge in [0.05, 0.1) is 18.0 Å². The monoisotopic (exact) mass is 416 g/mol. The van der Waals surface area contributed by atoms with E-state index >= 15 is 0 Å². The molecule has 1 amide bonds. The van der Waals surface area contributed by atoms with Crippen molar-refractivity contribution in [2.24, 2.45) is 0 Å². The van der Waals surface area contributed by atoms with Gasteiger partial charge in [-0.3, -0.25) is 0 Å². The number of alkyl halides is 3. The van der Waals surface area contributed by atoms with Crippen LogP contribution in [0.4, 0.5) is 19.0 Å². The molecule has 0 unspecified atom stereocenters. The van der Waals surface area contributed by atoms with Gasteiger partial charge in [-0.1, -0.05) is 18.2 Å². The third kappa shape index (κ3) is 3.32. The first-order valence-corrected chi connectivity index (χ1v) is 9.19. The molecule has 1 aliphatic heterocycles. The van der Waals surface area contributed by atoms with E-state index < -0.39 is 17.7 Å². The first-order valence-electron chi connectivity index (χ1n) is 9.19. The predicted octanol–water partition coefficient (Wildman–Crippen LogP) is 1.64. The number of anilines is 1. The van der Waals surface area contributed by atoms with E-state index in [4.69, 9.17) is 4.42 Å². The summed E-state index contributed by atoms with van der Waals surface area (Å²) in [6.07, 6.45) is -2.05. The Morgan fingerprint density at radius 2 is 1.87 bits per heavy atom. The Bertz CT molecular complexity index is 1080. The Balaban J connectivity index is 1.85. The van der Waals surface area contributed by atoms with Gasteiger partial charge < -0.3 is 4.42 Å². The predicted molar refractivity (Wildman–Crippen MR) is 101 cm³/mol. The number of furan rings is 1. The number of pyridine rings is 1. The van der Waals surface area contributed by atoms with Gasteiger partial charge in [-0.25, -0.2) is 20.1 Å². The standard InChI is InChI=1S/C21H17F3N4O2/c1-14-7-5-11-25-17(14)26-20(21(22,23)24)19(29)28(13-16-10-6-12-30-16)18(27-20)15-8-3-2-4-9-15/h2-12H,13H2,1H3,(H,25,26)/p+2/t20-/m1/s1. The number of nitrogens with one attached hydrogen (secondary N) is 3. The second kappa shape index (κ2) is 7.33. The molecule has 9 heteroatoms. The van der Waals surface area contributed by atoms with Gasteiger partial charge in [0.15, 0.2) is 6.54 Å². The number of amides is 1. The van der Waals surface area contributed by atoms with Gasteiger partial charge in [-0.15, -0.1) is 0 Å². The van der Waals surface area contributed by atoms with Crippen molar-refractivity contribution in [1.29, 1.82) is 0 Å². The van der Waals surface area contributed by atoms with Crippen molar-refractivity contribution in [2.45, 2.75) is 25.3 Å². The zero-order valence-corrected chi connectivity index (χ0v) is 16.0. The van der Waals surface area contributed by atoms with Crippen LogP contribution in [0.15, 0.2) is 71.5 Å². The van der Waals surface area contributed by atoms with Crippen LogP contribution in [0.2, 0.25) is 0 Å². The number of amidine groups is 1. The highest BCUT2D eigenvalue weighted by Gasteiger charge is 2.75. The second-order valence-electron chi connectivity index (χ2n) is 6.91. The lowest BCUT2D eigenvalue weighted by Gasteiger charge is -2.21. The van der Waals surface area contributed by atoms with Crippen LogP contribution in [-0.2, 0) is 11.3 Å². The fourth-order valence-electron chi connectivity index (χ4n) is 3.33. The molecule has 3 aromatic rings. The van der Waals surface area contributed by atoms with Crippen LogP contribution in [0.5, 0.6) is 0 Å². The zero-order chi connectivity index (χ0) is 21.4. The summed E-state index contributed by atoms with van der Waals surface area (Å²) < 4.78 is 48.5. The van der Waals surface area contributed by atoms with E-state index in [0.29, 0.717) is 16.9 Å². The highest BCUT2D eigenvalue weighted by molar-refractivity contribution is 6.11. The second-order valence-corrected chi connectivity index (χ2v) is 6.91. The Morgan fingerprint density at radius 1 is 1.10 bits per heavy atom. The molecule has 4 rings (SSSR count). The minimum absolute atomic E-state index is 0.0374. The van der Waals surface area contributed by atoms with Gasteiger partial charge in [0, 0.05) is 5.56 Å². The van der Waals surface area contributed by atoms with Gasteiger partial charge in [0.1, 0.15) is 5.76 Å². The molecule has 6 nitrogen and oxygen atoms in total. The van der Waals surface area contributed by atoms with E-state index in [1.807, 2.05) is 0 Å². The van der Waals surface area contributed by atoms with Crippen molar-refractivity contribution in [3.8, 4) is 0 Å². The van der Waals surface area contributed by atoms with Gasteiger partial charge in [-0.2, -0.15) is 18.1 Å². The van der Waals surface area contributed by atoms with Crippen LogP contribution >= 0.6 is 0 Å². The molecule has 30 heavy (non-hydrogen) atoms. The molecule has 0 saturated heterocycles. The highest BCUT2D eigenvalue weighted by atomic mass is 19.4. The van der Waals surface area contributed by atoms with Gasteiger partial charge in [0.25, 0.3) is 11.7 Å². The number of H-pyrrole nitrogens is 1. The lowest BCUT2D eigenvalue weighted by Crippen LogP contribution is -2.94. The Morgan fingerprint density at radius 3 is 2.50 bits per heavy atom. The number of carbonyl (C=O) groups is 1. The lowest BCUT2D eigenvalue weighted by molar-refractivity contribution is -0.568. The quantitative estimate of drug-likeness (QED) is 0.664. The van der Waals surface area contributed by atoms with Crippen molar-refractivity contribution in [1.82, 2.24) is 4.90 Å². The van der Waals surface area contributed by atoms with E-state index in [2.05, 4.69) is 15.3 Å². The lowest BCUT2D eigenvalue weighted by atomic mass is 10.1. The van der Waals surface area contributed by atoms with Gasteiger partial charge >= 0.3 is 17.7 Å². The molecular formula is C21H19F3N4O2+2. The molecule has 0 spiro atoms. The minimum atomic E-state index is -4.95. The number of aryl methyl sites for hydroxylation is 1. The summed E-state index contributed by atoms with van der Waals surface area (Å²) in [7, 11) is 0. The number of rotatable bonds is 5. The summed E-state index contributed by atoms with van der Waals surface area (Å²) in [5.74, 6) is -0.695. The van der Waals surface area contributed by atoms with E-state index in [1.54, 1.807) is 61.5 Å². The molecule has 154 valence electrons. The molecule has 3 N–H and O–H groups in total. The van der Waals surface area contributed by atoms with Crippen LogP contribution < -0.4 is 15.3 Å². The molecule has 2 aromatic heterocycles. The number of aromatic nitrogens is 1. The first kappa shape index (κ1) is 19.7. The van der Waals surface area contributed by atoms with Crippen molar-refractivity contribution < 1.29 is 32.4 Å². The summed E-state index contributed by atoms with van der Waals surface area (Å²) >= 11 is 0. The van der Waals surface area contributed by atoms with Crippen molar-refractivity contribution in [2.75, 3.05) is 5.32 Å². The maximum Gasteiger partial charge on any atom is 0.488 e.